The third kappa shape index (κ3) is 3.66. The normalized spacial score (nSPS) is 10.3. The second-order valence-electron chi connectivity index (χ2n) is 5.39. The molecular weight excluding hydrogens is 316 g/mol. The van der Waals surface area contributed by atoms with Crippen molar-refractivity contribution in [2.45, 2.75) is 6.92 Å². The quantitative estimate of drug-likeness (QED) is 0.704. The van der Waals surface area contributed by atoms with Crippen LogP contribution in [0, 0.1) is 0 Å². The molecule has 1 aromatic heterocycles. The Kier molecular flexibility index (Phi) is 5.04. The van der Waals surface area contributed by atoms with Gasteiger partial charge < -0.3 is 19.8 Å². The Morgan fingerprint density at radius 2 is 1.80 bits per heavy atom. The largest absolute Gasteiger partial charge is 0.496 e. The van der Waals surface area contributed by atoms with Crippen LogP contribution in [0.3, 0.4) is 0 Å². The minimum Gasteiger partial charge on any atom is -0.496 e. The van der Waals surface area contributed by atoms with Crippen LogP contribution in [0.1, 0.15) is 17.3 Å². The molecule has 0 aliphatic heterocycles. The second kappa shape index (κ2) is 7.57. The van der Waals surface area contributed by atoms with Gasteiger partial charge in [0.2, 0.25) is 0 Å². The molecule has 0 bridgehead atoms. The molecule has 5 nitrogen and oxygen atoms in total. The molecule has 1 heterocycles. The summed E-state index contributed by atoms with van der Waals surface area (Å²) in [5, 5.41) is 2.91. The number of methoxy groups -OCH3 is 1. The first-order valence-electron chi connectivity index (χ1n) is 8.07. The summed E-state index contributed by atoms with van der Waals surface area (Å²) in [5.41, 5.74) is 2.92. The fourth-order valence-electron chi connectivity index (χ4n) is 2.64. The zero-order chi connectivity index (χ0) is 17.6. The van der Waals surface area contributed by atoms with E-state index < -0.39 is 0 Å². The van der Waals surface area contributed by atoms with E-state index in [-0.39, 0.29) is 5.91 Å². The fourth-order valence-corrected chi connectivity index (χ4v) is 2.64. The summed E-state index contributed by atoms with van der Waals surface area (Å²) >= 11 is 0. The SMILES string of the molecule is CCOc1ccc(NC(=O)c2c[nH]cc2-c2ccccc2OC)cc1. The van der Waals surface area contributed by atoms with Crippen LogP contribution in [-0.2, 0) is 0 Å². The summed E-state index contributed by atoms with van der Waals surface area (Å²) in [6.07, 6.45) is 3.48. The lowest BCUT2D eigenvalue weighted by molar-refractivity contribution is 0.102. The van der Waals surface area contributed by atoms with E-state index in [1.807, 2.05) is 55.5 Å². The molecule has 2 aromatic carbocycles. The number of rotatable bonds is 6. The van der Waals surface area contributed by atoms with Gasteiger partial charge in [0.05, 0.1) is 19.3 Å². The lowest BCUT2D eigenvalue weighted by Gasteiger charge is -2.10. The van der Waals surface area contributed by atoms with Crippen molar-refractivity contribution in [3.63, 3.8) is 0 Å². The van der Waals surface area contributed by atoms with Crippen LogP contribution in [0.5, 0.6) is 11.5 Å². The lowest BCUT2D eigenvalue weighted by atomic mass is 10.0. The molecule has 0 fully saturated rings. The predicted octanol–water partition coefficient (Wildman–Crippen LogP) is 4.34. The van der Waals surface area contributed by atoms with Gasteiger partial charge in [0, 0.05) is 29.2 Å². The monoisotopic (exact) mass is 336 g/mol. The highest BCUT2D eigenvalue weighted by molar-refractivity contribution is 6.09. The molecule has 5 heteroatoms. The highest BCUT2D eigenvalue weighted by Crippen LogP contribution is 2.32. The molecule has 1 amide bonds. The zero-order valence-corrected chi connectivity index (χ0v) is 14.2. The number of para-hydroxylation sites is 1. The van der Waals surface area contributed by atoms with Gasteiger partial charge in [-0.05, 0) is 37.3 Å². The van der Waals surface area contributed by atoms with Crippen LogP contribution in [0.25, 0.3) is 11.1 Å². The molecule has 0 saturated carbocycles. The van der Waals surface area contributed by atoms with Gasteiger partial charge in [-0.25, -0.2) is 0 Å². The maximum absolute atomic E-state index is 12.7. The Labute approximate surface area is 146 Å². The van der Waals surface area contributed by atoms with E-state index in [1.54, 1.807) is 19.5 Å². The van der Waals surface area contributed by atoms with Crippen LogP contribution < -0.4 is 14.8 Å². The van der Waals surface area contributed by atoms with Crippen molar-refractivity contribution in [2.24, 2.45) is 0 Å². The number of benzene rings is 2. The Hall–Kier alpha value is -3.21. The van der Waals surface area contributed by atoms with Crippen LogP contribution in [-0.4, -0.2) is 24.6 Å². The highest BCUT2D eigenvalue weighted by atomic mass is 16.5. The van der Waals surface area contributed by atoms with Crippen molar-refractivity contribution in [3.05, 3.63) is 66.5 Å². The topological polar surface area (TPSA) is 63.3 Å². The fraction of sp³-hybridized carbons (Fsp3) is 0.150. The molecule has 0 saturated heterocycles. The lowest BCUT2D eigenvalue weighted by Crippen LogP contribution is -2.12. The Morgan fingerprint density at radius 3 is 2.52 bits per heavy atom. The number of hydrogen-bond donors (Lipinski definition) is 2. The van der Waals surface area contributed by atoms with Crippen LogP contribution in [0.4, 0.5) is 5.69 Å². The third-order valence-electron chi connectivity index (χ3n) is 3.81. The van der Waals surface area contributed by atoms with Crippen molar-refractivity contribution >= 4 is 11.6 Å². The first-order valence-corrected chi connectivity index (χ1v) is 8.07. The van der Waals surface area contributed by atoms with Crippen molar-refractivity contribution in [3.8, 4) is 22.6 Å². The summed E-state index contributed by atoms with van der Waals surface area (Å²) in [4.78, 5) is 15.7. The molecule has 3 rings (SSSR count). The van der Waals surface area contributed by atoms with Gasteiger partial charge in [-0.2, -0.15) is 0 Å². The first kappa shape index (κ1) is 16.6. The van der Waals surface area contributed by atoms with Crippen molar-refractivity contribution in [2.75, 3.05) is 19.0 Å². The van der Waals surface area contributed by atoms with E-state index in [9.17, 15) is 4.79 Å². The van der Waals surface area contributed by atoms with Gasteiger partial charge in [-0.1, -0.05) is 18.2 Å². The van der Waals surface area contributed by atoms with E-state index in [2.05, 4.69) is 10.3 Å². The number of carbonyl (C=O) groups is 1. The number of nitrogens with one attached hydrogen (secondary N) is 2. The number of aromatic nitrogens is 1. The predicted molar refractivity (Wildman–Crippen MR) is 98.3 cm³/mol. The molecule has 0 aliphatic carbocycles. The van der Waals surface area contributed by atoms with E-state index >= 15 is 0 Å². The molecule has 0 spiro atoms. The van der Waals surface area contributed by atoms with Gasteiger partial charge in [-0.3, -0.25) is 4.79 Å². The summed E-state index contributed by atoms with van der Waals surface area (Å²) in [6, 6.07) is 14.9. The molecule has 3 aromatic rings. The number of carbonyl (C=O) groups excluding carboxylic acids is 1. The zero-order valence-electron chi connectivity index (χ0n) is 14.2. The third-order valence-corrected chi connectivity index (χ3v) is 3.81. The van der Waals surface area contributed by atoms with Crippen LogP contribution >= 0.6 is 0 Å². The number of H-pyrrole nitrogens is 1. The summed E-state index contributed by atoms with van der Waals surface area (Å²) in [6.45, 7) is 2.54. The average molecular weight is 336 g/mol. The number of amides is 1. The molecule has 128 valence electrons. The smallest absolute Gasteiger partial charge is 0.257 e. The maximum atomic E-state index is 12.7. The summed E-state index contributed by atoms with van der Waals surface area (Å²) < 4.78 is 10.8. The molecular formula is C20H20N2O3. The average Bonchev–Trinajstić information content (AvgIpc) is 3.13. The minimum atomic E-state index is -0.189. The molecule has 0 radical (unpaired) electrons. The molecule has 0 atom stereocenters. The number of ether oxygens (including phenoxy) is 2. The van der Waals surface area contributed by atoms with Crippen LogP contribution in [0.2, 0.25) is 0 Å². The number of anilines is 1. The highest BCUT2D eigenvalue weighted by Gasteiger charge is 2.16. The second-order valence-corrected chi connectivity index (χ2v) is 5.39. The summed E-state index contributed by atoms with van der Waals surface area (Å²) in [5.74, 6) is 1.31. The van der Waals surface area contributed by atoms with Gasteiger partial charge in [-0.15, -0.1) is 0 Å². The van der Waals surface area contributed by atoms with Gasteiger partial charge >= 0.3 is 0 Å². The minimum absolute atomic E-state index is 0.189. The van der Waals surface area contributed by atoms with Crippen LogP contribution in [0.15, 0.2) is 60.9 Å². The Morgan fingerprint density at radius 1 is 1.04 bits per heavy atom. The Bertz CT molecular complexity index is 853. The molecule has 0 aliphatic rings. The Balaban J connectivity index is 1.83. The molecule has 2 N–H and O–H groups in total. The maximum Gasteiger partial charge on any atom is 0.257 e. The standard InChI is InChI=1S/C20H20N2O3/c1-3-25-15-10-8-14(9-11-15)22-20(23)18-13-21-12-17(18)16-6-4-5-7-19(16)24-2/h4-13,21H,3H2,1-2H3,(H,22,23). The first-order chi connectivity index (χ1) is 12.2. The van der Waals surface area contributed by atoms with Crippen molar-refractivity contribution < 1.29 is 14.3 Å². The van der Waals surface area contributed by atoms with E-state index in [4.69, 9.17) is 9.47 Å². The van der Waals surface area contributed by atoms with E-state index in [0.717, 1.165) is 22.6 Å². The molecule has 0 unspecified atom stereocenters. The van der Waals surface area contributed by atoms with Gasteiger partial charge in [0.15, 0.2) is 0 Å². The van der Waals surface area contributed by atoms with Gasteiger partial charge in [0.1, 0.15) is 11.5 Å². The van der Waals surface area contributed by atoms with E-state index in [0.29, 0.717) is 17.9 Å². The molecule has 25 heavy (non-hydrogen) atoms. The van der Waals surface area contributed by atoms with E-state index in [1.165, 1.54) is 0 Å². The summed E-state index contributed by atoms with van der Waals surface area (Å²) in [7, 11) is 1.62. The van der Waals surface area contributed by atoms with Crippen molar-refractivity contribution in [1.29, 1.82) is 0 Å². The number of hydrogen-bond acceptors (Lipinski definition) is 3. The van der Waals surface area contributed by atoms with Crippen molar-refractivity contribution in [1.82, 2.24) is 4.98 Å². The number of aromatic amines is 1. The van der Waals surface area contributed by atoms with Gasteiger partial charge in [0.25, 0.3) is 5.91 Å².